The van der Waals surface area contributed by atoms with E-state index in [4.69, 9.17) is 13.6 Å². The van der Waals surface area contributed by atoms with Crippen LogP contribution in [0.5, 0.6) is 5.75 Å². The summed E-state index contributed by atoms with van der Waals surface area (Å²) in [6.07, 6.45) is 4.36. The third-order valence-corrected chi connectivity index (χ3v) is 4.43. The van der Waals surface area contributed by atoms with Gasteiger partial charge >= 0.3 is 5.97 Å². The van der Waals surface area contributed by atoms with Gasteiger partial charge in [-0.1, -0.05) is 6.07 Å². The SMILES string of the molecule is O=C(Oc1ccc2c(c1)CCN(C(=O)c1ccco1)CC2)c1ccco1. The third kappa shape index (κ3) is 3.26. The van der Waals surface area contributed by atoms with Crippen molar-refractivity contribution in [3.8, 4) is 5.75 Å². The maximum absolute atomic E-state index is 12.5. The summed E-state index contributed by atoms with van der Waals surface area (Å²) in [5.41, 5.74) is 2.22. The van der Waals surface area contributed by atoms with Crippen molar-refractivity contribution in [2.45, 2.75) is 12.8 Å². The molecule has 4 rings (SSSR count). The van der Waals surface area contributed by atoms with Crippen molar-refractivity contribution < 1.29 is 23.2 Å². The molecule has 0 bridgehead atoms. The molecule has 0 saturated carbocycles. The Morgan fingerprint density at radius 1 is 0.885 bits per heavy atom. The molecule has 0 aliphatic carbocycles. The molecule has 6 nitrogen and oxygen atoms in total. The number of hydrogen-bond donors (Lipinski definition) is 0. The Hall–Kier alpha value is -3.28. The highest BCUT2D eigenvalue weighted by Gasteiger charge is 2.22. The van der Waals surface area contributed by atoms with E-state index in [9.17, 15) is 9.59 Å². The van der Waals surface area contributed by atoms with E-state index < -0.39 is 5.97 Å². The highest BCUT2D eigenvalue weighted by molar-refractivity contribution is 5.91. The zero-order chi connectivity index (χ0) is 17.9. The summed E-state index contributed by atoms with van der Waals surface area (Å²) in [6, 6.07) is 12.1. The molecule has 1 aromatic carbocycles. The van der Waals surface area contributed by atoms with Gasteiger partial charge in [-0.05, 0) is 60.4 Å². The predicted molar refractivity (Wildman–Crippen MR) is 92.1 cm³/mol. The molecule has 0 fully saturated rings. The summed E-state index contributed by atoms with van der Waals surface area (Å²) in [5, 5.41) is 0. The molecule has 1 aliphatic rings. The third-order valence-electron chi connectivity index (χ3n) is 4.43. The molecule has 1 aliphatic heterocycles. The lowest BCUT2D eigenvalue weighted by atomic mass is 10.0. The van der Waals surface area contributed by atoms with Crippen molar-refractivity contribution in [3.63, 3.8) is 0 Å². The van der Waals surface area contributed by atoms with Crippen LogP contribution in [-0.4, -0.2) is 29.9 Å². The van der Waals surface area contributed by atoms with Crippen molar-refractivity contribution in [1.82, 2.24) is 4.90 Å². The van der Waals surface area contributed by atoms with Crippen molar-refractivity contribution in [2.24, 2.45) is 0 Å². The lowest BCUT2D eigenvalue weighted by Gasteiger charge is -2.18. The molecule has 0 N–H and O–H groups in total. The van der Waals surface area contributed by atoms with Crippen LogP contribution in [0.4, 0.5) is 0 Å². The average molecular weight is 351 g/mol. The van der Waals surface area contributed by atoms with E-state index >= 15 is 0 Å². The summed E-state index contributed by atoms with van der Waals surface area (Å²) < 4.78 is 15.6. The van der Waals surface area contributed by atoms with Crippen molar-refractivity contribution >= 4 is 11.9 Å². The molecular weight excluding hydrogens is 334 g/mol. The smallest absolute Gasteiger partial charge is 0.379 e. The standard InChI is InChI=1S/C20H17NO5/c22-19(17-3-1-11-24-17)21-9-7-14-5-6-16(13-15(14)8-10-21)26-20(23)18-4-2-12-25-18/h1-6,11-13H,7-10H2. The Labute approximate surface area is 150 Å². The number of rotatable bonds is 3. The predicted octanol–water partition coefficient (Wildman–Crippen LogP) is 3.33. The van der Waals surface area contributed by atoms with Crippen LogP contribution in [0, 0.1) is 0 Å². The van der Waals surface area contributed by atoms with E-state index in [2.05, 4.69) is 0 Å². The number of amides is 1. The number of esters is 1. The van der Waals surface area contributed by atoms with Gasteiger partial charge in [-0.2, -0.15) is 0 Å². The van der Waals surface area contributed by atoms with Crippen LogP contribution >= 0.6 is 0 Å². The Morgan fingerprint density at radius 3 is 2.27 bits per heavy atom. The summed E-state index contributed by atoms with van der Waals surface area (Å²) >= 11 is 0. The minimum absolute atomic E-state index is 0.104. The second-order valence-electron chi connectivity index (χ2n) is 6.07. The molecule has 6 heteroatoms. The maximum Gasteiger partial charge on any atom is 0.379 e. The van der Waals surface area contributed by atoms with Crippen molar-refractivity contribution in [1.29, 1.82) is 0 Å². The number of hydrogen-bond acceptors (Lipinski definition) is 5. The van der Waals surface area contributed by atoms with Crippen LogP contribution in [0.2, 0.25) is 0 Å². The highest BCUT2D eigenvalue weighted by atomic mass is 16.5. The number of furan rings is 2. The number of carbonyl (C=O) groups excluding carboxylic acids is 2. The van der Waals surface area contributed by atoms with Gasteiger partial charge in [-0.15, -0.1) is 0 Å². The van der Waals surface area contributed by atoms with Crippen LogP contribution < -0.4 is 4.74 Å². The van der Waals surface area contributed by atoms with Crippen molar-refractivity contribution in [2.75, 3.05) is 13.1 Å². The van der Waals surface area contributed by atoms with E-state index in [0.717, 1.165) is 17.5 Å². The number of nitrogens with zero attached hydrogens (tertiary/aromatic N) is 1. The van der Waals surface area contributed by atoms with E-state index in [0.29, 0.717) is 31.0 Å². The molecule has 0 atom stereocenters. The summed E-state index contributed by atoms with van der Waals surface area (Å²) in [7, 11) is 0. The van der Waals surface area contributed by atoms with Gasteiger partial charge in [0.05, 0.1) is 12.5 Å². The second-order valence-corrected chi connectivity index (χ2v) is 6.07. The first-order chi connectivity index (χ1) is 12.7. The number of ether oxygens (including phenoxy) is 1. The van der Waals surface area contributed by atoms with E-state index in [-0.39, 0.29) is 11.7 Å². The molecule has 3 heterocycles. The van der Waals surface area contributed by atoms with Gasteiger partial charge in [0.2, 0.25) is 5.76 Å². The Bertz CT molecular complexity index is 912. The van der Waals surface area contributed by atoms with E-state index in [1.165, 1.54) is 12.5 Å². The lowest BCUT2D eigenvalue weighted by molar-refractivity contribution is 0.0700. The molecule has 0 spiro atoms. The van der Waals surface area contributed by atoms with Crippen LogP contribution in [0.25, 0.3) is 0 Å². The lowest BCUT2D eigenvalue weighted by Crippen LogP contribution is -2.33. The summed E-state index contributed by atoms with van der Waals surface area (Å²) in [4.78, 5) is 26.3. The quantitative estimate of drug-likeness (QED) is 0.534. The zero-order valence-corrected chi connectivity index (χ0v) is 14.0. The first kappa shape index (κ1) is 16.2. The number of benzene rings is 1. The minimum Gasteiger partial charge on any atom is -0.459 e. The summed E-state index contributed by atoms with van der Waals surface area (Å²) in [5.74, 6) is 0.348. The monoisotopic (exact) mass is 351 g/mol. The zero-order valence-electron chi connectivity index (χ0n) is 14.0. The van der Waals surface area contributed by atoms with Gasteiger partial charge in [-0.25, -0.2) is 4.79 Å². The van der Waals surface area contributed by atoms with Gasteiger partial charge < -0.3 is 18.5 Å². The summed E-state index contributed by atoms with van der Waals surface area (Å²) in [6.45, 7) is 1.21. The van der Waals surface area contributed by atoms with Gasteiger partial charge in [0.25, 0.3) is 5.91 Å². The minimum atomic E-state index is -0.529. The largest absolute Gasteiger partial charge is 0.459 e. The molecule has 2 aromatic heterocycles. The molecule has 1 amide bonds. The van der Waals surface area contributed by atoms with Gasteiger partial charge in [0.1, 0.15) is 5.75 Å². The van der Waals surface area contributed by atoms with Gasteiger partial charge in [-0.3, -0.25) is 4.79 Å². The van der Waals surface area contributed by atoms with Crippen LogP contribution in [-0.2, 0) is 12.8 Å². The molecular formula is C20H17NO5. The fourth-order valence-corrected chi connectivity index (χ4v) is 3.08. The Kier molecular flexibility index (Phi) is 4.31. The van der Waals surface area contributed by atoms with Crippen LogP contribution in [0.1, 0.15) is 32.2 Å². The normalized spacial score (nSPS) is 13.8. The maximum atomic E-state index is 12.5. The second kappa shape index (κ2) is 6.92. The fourth-order valence-electron chi connectivity index (χ4n) is 3.08. The molecule has 0 saturated heterocycles. The molecule has 0 unspecified atom stereocenters. The highest BCUT2D eigenvalue weighted by Crippen LogP contribution is 2.23. The topological polar surface area (TPSA) is 72.9 Å². The van der Waals surface area contributed by atoms with Crippen molar-refractivity contribution in [3.05, 3.63) is 77.6 Å². The molecule has 132 valence electrons. The molecule has 3 aromatic rings. The first-order valence-electron chi connectivity index (χ1n) is 8.41. The number of fused-ring (bicyclic) bond motifs is 1. The van der Waals surface area contributed by atoms with E-state index in [1.807, 2.05) is 12.1 Å². The molecule has 0 radical (unpaired) electrons. The Morgan fingerprint density at radius 2 is 1.58 bits per heavy atom. The van der Waals surface area contributed by atoms with E-state index in [1.54, 1.807) is 35.2 Å². The number of carbonyl (C=O) groups is 2. The Balaban J connectivity index is 1.47. The van der Waals surface area contributed by atoms with Crippen LogP contribution in [0.15, 0.2) is 63.8 Å². The average Bonchev–Trinajstić information content (AvgIpc) is 3.33. The van der Waals surface area contributed by atoms with Gasteiger partial charge in [0.15, 0.2) is 5.76 Å². The molecule has 26 heavy (non-hydrogen) atoms. The van der Waals surface area contributed by atoms with Crippen LogP contribution in [0.3, 0.4) is 0 Å². The first-order valence-corrected chi connectivity index (χ1v) is 8.41. The fraction of sp³-hybridized carbons (Fsp3) is 0.200. The van der Waals surface area contributed by atoms with Gasteiger partial charge in [0, 0.05) is 13.1 Å².